The maximum absolute atomic E-state index is 5.75. The Hall–Kier alpha value is -2.03. The highest BCUT2D eigenvalue weighted by atomic mass is 15.0. The second-order valence-electron chi connectivity index (χ2n) is 4.38. The van der Waals surface area contributed by atoms with Gasteiger partial charge in [-0.25, -0.2) is 4.98 Å². The fourth-order valence-corrected chi connectivity index (χ4v) is 2.19. The van der Waals surface area contributed by atoms with Crippen LogP contribution in [0.15, 0.2) is 48.3 Å². The van der Waals surface area contributed by atoms with E-state index in [4.69, 9.17) is 5.73 Å². The third kappa shape index (κ3) is 1.96. The molecular weight excluding hydrogens is 210 g/mol. The van der Waals surface area contributed by atoms with Gasteiger partial charge in [-0.3, -0.25) is 0 Å². The Morgan fingerprint density at radius 1 is 1.29 bits per heavy atom. The first-order valence-electron chi connectivity index (χ1n) is 5.89. The number of imidazole rings is 1. The van der Waals surface area contributed by atoms with Crippen LogP contribution in [0, 0.1) is 0 Å². The predicted molar refractivity (Wildman–Crippen MR) is 70.6 cm³/mol. The minimum atomic E-state index is 0.763. The summed E-state index contributed by atoms with van der Waals surface area (Å²) < 4.78 is 2.16. The number of rotatable bonds is 2. The van der Waals surface area contributed by atoms with Crippen LogP contribution in [0.25, 0.3) is 11.0 Å². The van der Waals surface area contributed by atoms with Crippen molar-refractivity contribution in [2.45, 2.75) is 19.4 Å². The van der Waals surface area contributed by atoms with Gasteiger partial charge in [0.25, 0.3) is 0 Å². The third-order valence-electron chi connectivity index (χ3n) is 3.07. The Labute approximate surface area is 100 Å². The number of benzene rings is 1. The van der Waals surface area contributed by atoms with Crippen molar-refractivity contribution in [1.29, 1.82) is 0 Å². The van der Waals surface area contributed by atoms with Gasteiger partial charge in [0.2, 0.25) is 0 Å². The van der Waals surface area contributed by atoms with Crippen LogP contribution in [-0.4, -0.2) is 9.55 Å². The molecular formula is C14H15N3. The second kappa shape index (κ2) is 4.09. The quantitative estimate of drug-likeness (QED) is 0.799. The van der Waals surface area contributed by atoms with Crippen LogP contribution in [0.2, 0.25) is 0 Å². The summed E-state index contributed by atoms with van der Waals surface area (Å²) in [5.74, 6) is 0. The molecule has 0 amide bonds. The van der Waals surface area contributed by atoms with Crippen LogP contribution in [0.5, 0.6) is 0 Å². The van der Waals surface area contributed by atoms with Gasteiger partial charge < -0.3 is 10.3 Å². The number of fused-ring (bicyclic) bond motifs is 1. The Kier molecular flexibility index (Phi) is 2.44. The number of aromatic nitrogens is 2. The lowest BCUT2D eigenvalue weighted by Gasteiger charge is -2.08. The standard InChI is InChI=1S/C14H15N3/c15-12-6-7-14-13(8-12)16-10-17(14)9-11-4-2-1-3-5-11/h2,4-8,10H,1,3,9,15H2. The molecule has 0 radical (unpaired) electrons. The lowest BCUT2D eigenvalue weighted by atomic mass is 10.1. The molecule has 0 bridgehead atoms. The van der Waals surface area contributed by atoms with Crippen molar-refractivity contribution < 1.29 is 0 Å². The molecule has 3 heteroatoms. The SMILES string of the molecule is Nc1ccc2c(c1)ncn2CC1=CCCC=C1. The smallest absolute Gasteiger partial charge is 0.0961 e. The van der Waals surface area contributed by atoms with Gasteiger partial charge in [0, 0.05) is 12.2 Å². The molecule has 1 aliphatic carbocycles. The number of allylic oxidation sites excluding steroid dienone is 4. The van der Waals surface area contributed by atoms with Gasteiger partial charge in [-0.2, -0.15) is 0 Å². The molecule has 1 aromatic carbocycles. The van der Waals surface area contributed by atoms with Gasteiger partial charge in [-0.05, 0) is 36.6 Å². The van der Waals surface area contributed by atoms with Gasteiger partial charge in [0.15, 0.2) is 0 Å². The molecule has 0 unspecified atom stereocenters. The minimum absolute atomic E-state index is 0.763. The van der Waals surface area contributed by atoms with Crippen LogP contribution in [0.3, 0.4) is 0 Å². The summed E-state index contributed by atoms with van der Waals surface area (Å²) in [6.07, 6.45) is 10.9. The summed E-state index contributed by atoms with van der Waals surface area (Å²) in [5.41, 5.74) is 9.96. The van der Waals surface area contributed by atoms with Crippen molar-refractivity contribution in [1.82, 2.24) is 9.55 Å². The molecule has 1 heterocycles. The number of nitrogens with zero attached hydrogens (tertiary/aromatic N) is 2. The summed E-state index contributed by atoms with van der Waals surface area (Å²) in [7, 11) is 0. The maximum atomic E-state index is 5.75. The summed E-state index contributed by atoms with van der Waals surface area (Å²) in [4.78, 5) is 4.38. The van der Waals surface area contributed by atoms with Gasteiger partial charge in [-0.15, -0.1) is 0 Å². The summed E-state index contributed by atoms with van der Waals surface area (Å²) in [5, 5.41) is 0. The van der Waals surface area contributed by atoms with Crippen molar-refractivity contribution in [2.24, 2.45) is 0 Å². The lowest BCUT2D eigenvalue weighted by molar-refractivity contribution is 0.809. The first-order chi connectivity index (χ1) is 8.33. The van der Waals surface area contributed by atoms with Gasteiger partial charge in [0.1, 0.15) is 0 Å². The van der Waals surface area contributed by atoms with E-state index in [-0.39, 0.29) is 0 Å². The van der Waals surface area contributed by atoms with Crippen LogP contribution in [0.1, 0.15) is 12.8 Å². The topological polar surface area (TPSA) is 43.8 Å². The van der Waals surface area contributed by atoms with Crippen molar-refractivity contribution in [3.8, 4) is 0 Å². The van der Waals surface area contributed by atoms with Crippen molar-refractivity contribution in [2.75, 3.05) is 5.73 Å². The van der Waals surface area contributed by atoms with E-state index < -0.39 is 0 Å². The largest absolute Gasteiger partial charge is 0.399 e. The van der Waals surface area contributed by atoms with Gasteiger partial charge in [-0.1, -0.05) is 18.2 Å². The fraction of sp³-hybridized carbons (Fsp3) is 0.214. The number of nitrogens with two attached hydrogens (primary N) is 1. The molecule has 17 heavy (non-hydrogen) atoms. The summed E-state index contributed by atoms with van der Waals surface area (Å²) >= 11 is 0. The Morgan fingerprint density at radius 3 is 3.06 bits per heavy atom. The average molecular weight is 225 g/mol. The highest BCUT2D eigenvalue weighted by molar-refractivity contribution is 5.79. The van der Waals surface area contributed by atoms with Crippen molar-refractivity contribution in [3.05, 3.63) is 48.3 Å². The number of hydrogen-bond donors (Lipinski definition) is 1. The molecule has 0 atom stereocenters. The number of hydrogen-bond acceptors (Lipinski definition) is 2. The number of nitrogen functional groups attached to an aromatic ring is 1. The fourth-order valence-electron chi connectivity index (χ4n) is 2.19. The van der Waals surface area contributed by atoms with Gasteiger partial charge >= 0.3 is 0 Å². The predicted octanol–water partition coefficient (Wildman–Crippen LogP) is 2.89. The molecule has 0 saturated carbocycles. The van der Waals surface area contributed by atoms with Crippen molar-refractivity contribution >= 4 is 16.7 Å². The summed E-state index contributed by atoms with van der Waals surface area (Å²) in [6, 6.07) is 5.87. The van der Waals surface area contributed by atoms with E-state index >= 15 is 0 Å². The molecule has 0 spiro atoms. The summed E-state index contributed by atoms with van der Waals surface area (Å²) in [6.45, 7) is 0.886. The number of anilines is 1. The normalized spacial score (nSPS) is 15.2. The van der Waals surface area contributed by atoms with E-state index in [1.807, 2.05) is 24.5 Å². The first-order valence-corrected chi connectivity index (χ1v) is 5.89. The van der Waals surface area contributed by atoms with Gasteiger partial charge in [0.05, 0.1) is 17.4 Å². The van der Waals surface area contributed by atoms with E-state index in [0.717, 1.165) is 36.1 Å². The molecule has 1 aromatic heterocycles. The van der Waals surface area contributed by atoms with E-state index in [1.54, 1.807) is 0 Å². The molecule has 0 aliphatic heterocycles. The van der Waals surface area contributed by atoms with E-state index in [1.165, 1.54) is 5.57 Å². The molecule has 0 fully saturated rings. The lowest BCUT2D eigenvalue weighted by Crippen LogP contribution is -1.99. The molecule has 86 valence electrons. The Bertz CT molecular complexity index is 605. The highest BCUT2D eigenvalue weighted by Gasteiger charge is 2.04. The van der Waals surface area contributed by atoms with Crippen LogP contribution >= 0.6 is 0 Å². The first kappa shape index (κ1) is 10.1. The van der Waals surface area contributed by atoms with Crippen LogP contribution in [0.4, 0.5) is 5.69 Å². The van der Waals surface area contributed by atoms with Crippen LogP contribution in [-0.2, 0) is 6.54 Å². The second-order valence-corrected chi connectivity index (χ2v) is 4.38. The zero-order chi connectivity index (χ0) is 11.7. The Balaban J connectivity index is 1.95. The average Bonchev–Trinajstić information content (AvgIpc) is 2.73. The zero-order valence-electron chi connectivity index (χ0n) is 9.63. The highest BCUT2D eigenvalue weighted by Crippen LogP contribution is 2.19. The molecule has 1 aliphatic rings. The van der Waals surface area contributed by atoms with E-state index in [2.05, 4.69) is 27.8 Å². The Morgan fingerprint density at radius 2 is 2.24 bits per heavy atom. The minimum Gasteiger partial charge on any atom is -0.399 e. The zero-order valence-corrected chi connectivity index (χ0v) is 9.63. The van der Waals surface area contributed by atoms with Crippen LogP contribution < -0.4 is 5.73 Å². The van der Waals surface area contributed by atoms with Crippen molar-refractivity contribution in [3.63, 3.8) is 0 Å². The molecule has 0 saturated heterocycles. The molecule has 2 aromatic rings. The molecule has 2 N–H and O–H groups in total. The third-order valence-corrected chi connectivity index (χ3v) is 3.07. The maximum Gasteiger partial charge on any atom is 0.0961 e. The van der Waals surface area contributed by atoms with E-state index in [9.17, 15) is 0 Å². The molecule has 3 rings (SSSR count). The monoisotopic (exact) mass is 225 g/mol. The van der Waals surface area contributed by atoms with E-state index in [0.29, 0.717) is 0 Å². The molecule has 3 nitrogen and oxygen atoms in total.